The summed E-state index contributed by atoms with van der Waals surface area (Å²) in [4.78, 5) is 11.3. The molecule has 5 nitrogen and oxygen atoms in total. The molecule has 1 aromatic rings. The van der Waals surface area contributed by atoms with Gasteiger partial charge in [-0.05, 0) is 6.07 Å². The molecule has 0 fully saturated rings. The smallest absolute Gasteiger partial charge is 0.192 e. The van der Waals surface area contributed by atoms with Crippen LogP contribution in [0.5, 0.6) is 17.2 Å². The van der Waals surface area contributed by atoms with Crippen LogP contribution < -0.4 is 9.47 Å². The molecular formula is C10H12O5. The highest BCUT2D eigenvalue weighted by Gasteiger charge is 2.15. The van der Waals surface area contributed by atoms with E-state index in [1.807, 2.05) is 0 Å². The van der Waals surface area contributed by atoms with Crippen LogP contribution in [0.4, 0.5) is 0 Å². The number of hydrogen-bond donors (Lipinski definition) is 2. The number of carbonyl (C=O) groups is 1. The van der Waals surface area contributed by atoms with Gasteiger partial charge in [0.2, 0.25) is 0 Å². The fourth-order valence-corrected chi connectivity index (χ4v) is 1.18. The summed E-state index contributed by atoms with van der Waals surface area (Å²) < 4.78 is 9.74. The first kappa shape index (κ1) is 11.3. The average Bonchev–Trinajstić information content (AvgIpc) is 2.27. The number of carbonyl (C=O) groups excluding carboxylic acids is 1. The normalized spacial score (nSPS) is 9.80. The predicted octanol–water partition coefficient (Wildman–Crippen LogP) is 0.584. The van der Waals surface area contributed by atoms with Crippen molar-refractivity contribution in [2.24, 2.45) is 0 Å². The Morgan fingerprint density at radius 2 is 1.87 bits per heavy atom. The number of phenolic OH excluding ortho intramolecular Hbond substituents is 1. The van der Waals surface area contributed by atoms with Crippen LogP contribution in [0.2, 0.25) is 0 Å². The molecule has 2 N–H and O–H groups in total. The number of hydrogen-bond acceptors (Lipinski definition) is 5. The molecule has 0 aliphatic carbocycles. The third-order valence-electron chi connectivity index (χ3n) is 1.94. The molecule has 0 amide bonds. The lowest BCUT2D eigenvalue weighted by Crippen LogP contribution is -2.07. The molecule has 0 atom stereocenters. The van der Waals surface area contributed by atoms with Crippen LogP contribution in [0.25, 0.3) is 0 Å². The van der Waals surface area contributed by atoms with Gasteiger partial charge in [0, 0.05) is 6.07 Å². The number of aliphatic hydroxyl groups excluding tert-OH is 1. The minimum absolute atomic E-state index is 0.121. The van der Waals surface area contributed by atoms with E-state index in [-0.39, 0.29) is 22.8 Å². The maximum absolute atomic E-state index is 11.3. The quantitative estimate of drug-likeness (QED) is 0.714. The zero-order valence-electron chi connectivity index (χ0n) is 8.48. The Bertz CT molecular complexity index is 372. The van der Waals surface area contributed by atoms with E-state index in [0.29, 0.717) is 0 Å². The summed E-state index contributed by atoms with van der Waals surface area (Å²) in [6.45, 7) is -0.621. The average molecular weight is 212 g/mol. The van der Waals surface area contributed by atoms with Crippen molar-refractivity contribution in [2.75, 3.05) is 20.8 Å². The van der Waals surface area contributed by atoms with Gasteiger partial charge < -0.3 is 19.7 Å². The summed E-state index contributed by atoms with van der Waals surface area (Å²) in [6.07, 6.45) is 0. The number of ether oxygens (including phenoxy) is 2. The Morgan fingerprint density at radius 3 is 2.33 bits per heavy atom. The zero-order valence-corrected chi connectivity index (χ0v) is 8.48. The van der Waals surface area contributed by atoms with Crippen molar-refractivity contribution in [3.63, 3.8) is 0 Å². The van der Waals surface area contributed by atoms with Gasteiger partial charge in [-0.25, -0.2) is 0 Å². The van der Waals surface area contributed by atoms with Gasteiger partial charge in [-0.15, -0.1) is 0 Å². The molecule has 0 saturated carbocycles. The highest BCUT2D eigenvalue weighted by molar-refractivity contribution is 6.00. The topological polar surface area (TPSA) is 76.0 Å². The van der Waals surface area contributed by atoms with Crippen LogP contribution in [0.15, 0.2) is 12.1 Å². The van der Waals surface area contributed by atoms with Gasteiger partial charge in [-0.2, -0.15) is 0 Å². The summed E-state index contributed by atoms with van der Waals surface area (Å²) in [6, 6.07) is 2.59. The summed E-state index contributed by atoms with van der Waals surface area (Å²) in [5.41, 5.74) is 0.176. The number of phenols is 1. The number of benzene rings is 1. The van der Waals surface area contributed by atoms with Crippen molar-refractivity contribution < 1.29 is 24.5 Å². The van der Waals surface area contributed by atoms with Gasteiger partial charge in [0.15, 0.2) is 17.3 Å². The lowest BCUT2D eigenvalue weighted by atomic mass is 10.1. The number of aliphatic hydroxyl groups is 1. The third-order valence-corrected chi connectivity index (χ3v) is 1.94. The minimum atomic E-state index is -0.621. The third kappa shape index (κ3) is 2.19. The largest absolute Gasteiger partial charge is 0.504 e. The Morgan fingerprint density at radius 1 is 1.27 bits per heavy atom. The SMILES string of the molecule is COc1cc(C(=O)CO)c(OC)cc1O. The van der Waals surface area contributed by atoms with Gasteiger partial charge >= 0.3 is 0 Å². The van der Waals surface area contributed by atoms with Crippen LogP contribution in [0, 0.1) is 0 Å². The molecule has 0 radical (unpaired) electrons. The molecule has 5 heteroatoms. The first-order valence-electron chi connectivity index (χ1n) is 4.23. The maximum atomic E-state index is 11.3. The fraction of sp³-hybridized carbons (Fsp3) is 0.300. The predicted molar refractivity (Wildman–Crippen MR) is 52.6 cm³/mol. The van der Waals surface area contributed by atoms with Crippen molar-refractivity contribution in [1.29, 1.82) is 0 Å². The van der Waals surface area contributed by atoms with E-state index in [1.54, 1.807) is 0 Å². The zero-order chi connectivity index (χ0) is 11.4. The van der Waals surface area contributed by atoms with Crippen LogP contribution in [0.1, 0.15) is 10.4 Å². The van der Waals surface area contributed by atoms with Crippen LogP contribution in [-0.4, -0.2) is 36.8 Å². The van der Waals surface area contributed by atoms with Gasteiger partial charge in [0.05, 0.1) is 19.8 Å². The lowest BCUT2D eigenvalue weighted by Gasteiger charge is -2.10. The first-order chi connectivity index (χ1) is 7.13. The molecule has 0 aliphatic heterocycles. The highest BCUT2D eigenvalue weighted by Crippen LogP contribution is 2.33. The van der Waals surface area contributed by atoms with E-state index < -0.39 is 12.4 Å². The van der Waals surface area contributed by atoms with Gasteiger partial charge in [0.1, 0.15) is 12.4 Å². The standard InChI is InChI=1S/C10H12O5/c1-14-9-4-7(12)10(15-2)3-6(9)8(13)5-11/h3-4,11-12H,5H2,1-2H3. The van der Waals surface area contributed by atoms with Crippen LogP contribution in [-0.2, 0) is 0 Å². The summed E-state index contributed by atoms with van der Waals surface area (Å²) in [5.74, 6) is -0.256. The summed E-state index contributed by atoms with van der Waals surface area (Å²) >= 11 is 0. The second-order valence-electron chi connectivity index (χ2n) is 2.81. The molecule has 15 heavy (non-hydrogen) atoms. The van der Waals surface area contributed by atoms with Crippen molar-refractivity contribution in [3.8, 4) is 17.2 Å². The molecule has 82 valence electrons. The van der Waals surface area contributed by atoms with E-state index in [1.165, 1.54) is 26.4 Å². The lowest BCUT2D eigenvalue weighted by molar-refractivity contribution is 0.0900. The van der Waals surface area contributed by atoms with Crippen LogP contribution in [0.3, 0.4) is 0 Å². The molecular weight excluding hydrogens is 200 g/mol. The number of ketones is 1. The van der Waals surface area contributed by atoms with E-state index in [0.717, 1.165) is 0 Å². The van der Waals surface area contributed by atoms with Gasteiger partial charge in [-0.1, -0.05) is 0 Å². The Labute approximate surface area is 86.9 Å². The van der Waals surface area contributed by atoms with E-state index in [2.05, 4.69) is 0 Å². The molecule has 1 aromatic carbocycles. The second-order valence-corrected chi connectivity index (χ2v) is 2.81. The summed E-state index contributed by atoms with van der Waals surface area (Å²) in [5, 5.41) is 18.2. The van der Waals surface area contributed by atoms with Crippen molar-refractivity contribution >= 4 is 5.78 Å². The Balaban J connectivity index is 3.28. The van der Waals surface area contributed by atoms with Crippen molar-refractivity contribution in [2.45, 2.75) is 0 Å². The number of rotatable bonds is 4. The van der Waals surface area contributed by atoms with Crippen molar-refractivity contribution in [3.05, 3.63) is 17.7 Å². The van der Waals surface area contributed by atoms with Crippen LogP contribution >= 0.6 is 0 Å². The highest BCUT2D eigenvalue weighted by atomic mass is 16.5. The molecule has 0 saturated heterocycles. The Kier molecular flexibility index (Phi) is 3.51. The van der Waals surface area contributed by atoms with E-state index in [4.69, 9.17) is 14.6 Å². The molecule has 0 heterocycles. The fourth-order valence-electron chi connectivity index (χ4n) is 1.18. The van der Waals surface area contributed by atoms with Crippen molar-refractivity contribution in [1.82, 2.24) is 0 Å². The van der Waals surface area contributed by atoms with E-state index in [9.17, 15) is 9.90 Å². The molecule has 0 spiro atoms. The molecule has 0 bridgehead atoms. The molecule has 0 unspecified atom stereocenters. The first-order valence-corrected chi connectivity index (χ1v) is 4.23. The maximum Gasteiger partial charge on any atom is 0.192 e. The monoisotopic (exact) mass is 212 g/mol. The van der Waals surface area contributed by atoms with Gasteiger partial charge in [-0.3, -0.25) is 4.79 Å². The van der Waals surface area contributed by atoms with E-state index >= 15 is 0 Å². The number of aromatic hydroxyl groups is 1. The second kappa shape index (κ2) is 4.65. The molecule has 0 aromatic heterocycles. The number of methoxy groups -OCH3 is 2. The minimum Gasteiger partial charge on any atom is -0.504 e. The number of Topliss-reactive ketones (excluding diaryl/α,β-unsaturated/α-hetero) is 1. The van der Waals surface area contributed by atoms with Gasteiger partial charge in [0.25, 0.3) is 0 Å². The molecule has 1 rings (SSSR count). The summed E-state index contributed by atoms with van der Waals surface area (Å²) in [7, 11) is 2.74. The molecule has 0 aliphatic rings. The Hall–Kier alpha value is -1.75.